The van der Waals surface area contributed by atoms with Gasteiger partial charge in [0, 0.05) is 18.0 Å². The van der Waals surface area contributed by atoms with Crippen LogP contribution in [0.5, 0.6) is 0 Å². The Morgan fingerprint density at radius 3 is 2.93 bits per heavy atom. The van der Waals surface area contributed by atoms with Gasteiger partial charge in [-0.25, -0.2) is 0 Å². The van der Waals surface area contributed by atoms with Gasteiger partial charge in [-0.2, -0.15) is 0 Å². The fourth-order valence-corrected chi connectivity index (χ4v) is 1.39. The van der Waals surface area contributed by atoms with Crippen LogP contribution in [0.4, 0.5) is 5.69 Å². The Kier molecular flexibility index (Phi) is 2.33. The van der Waals surface area contributed by atoms with Crippen molar-refractivity contribution in [3.8, 4) is 12.3 Å². The smallest absolute Gasteiger partial charge is 0.114 e. The van der Waals surface area contributed by atoms with Gasteiger partial charge in [0.2, 0.25) is 0 Å². The van der Waals surface area contributed by atoms with Crippen LogP contribution in [0, 0.1) is 12.3 Å². The zero-order valence-corrected chi connectivity index (χ0v) is 7.72. The van der Waals surface area contributed by atoms with Gasteiger partial charge in [-0.1, -0.05) is 18.1 Å². The van der Waals surface area contributed by atoms with E-state index in [2.05, 4.69) is 10.9 Å². The van der Waals surface area contributed by atoms with Gasteiger partial charge in [-0.15, -0.1) is 6.42 Å². The zero-order valence-electron chi connectivity index (χ0n) is 7.72. The highest BCUT2D eigenvalue weighted by molar-refractivity contribution is 5.75. The Labute approximate surface area is 83.6 Å². The molecule has 0 saturated heterocycles. The molecule has 68 valence electrons. The van der Waals surface area contributed by atoms with E-state index in [1.807, 2.05) is 41.4 Å². The van der Waals surface area contributed by atoms with Gasteiger partial charge in [0.25, 0.3) is 0 Å². The highest BCUT2D eigenvalue weighted by Crippen LogP contribution is 2.20. The molecular formula is C12H10N2. The predicted octanol–water partition coefficient (Wildman–Crippen LogP) is 2.03. The number of nitrogens with zero attached hydrogens (tertiary/aromatic N) is 2. The lowest BCUT2D eigenvalue weighted by molar-refractivity contribution is 0.968. The highest BCUT2D eigenvalue weighted by atomic mass is 15.2. The van der Waals surface area contributed by atoms with Gasteiger partial charge in [-0.3, -0.25) is 4.99 Å². The number of rotatable bonds is 1. The number of aliphatic imine (C=N–C) groups is 1. The minimum absolute atomic E-state index is 0.634. The topological polar surface area (TPSA) is 15.6 Å². The van der Waals surface area contributed by atoms with Crippen molar-refractivity contribution < 1.29 is 0 Å². The second-order valence-electron chi connectivity index (χ2n) is 2.95. The Balaban J connectivity index is 2.37. The van der Waals surface area contributed by atoms with Crippen LogP contribution in [-0.2, 0) is 0 Å². The summed E-state index contributed by atoms with van der Waals surface area (Å²) in [5.74, 6) is 2.67. The van der Waals surface area contributed by atoms with Crippen LogP contribution in [0.1, 0.15) is 5.56 Å². The molecule has 1 aromatic carbocycles. The van der Waals surface area contributed by atoms with Crippen molar-refractivity contribution in [2.45, 2.75) is 0 Å². The molecule has 0 N–H and O–H groups in total. The maximum Gasteiger partial charge on any atom is 0.114 e. The van der Waals surface area contributed by atoms with E-state index in [-0.39, 0.29) is 0 Å². The van der Waals surface area contributed by atoms with Gasteiger partial charge in [-0.05, 0) is 18.2 Å². The largest absolute Gasteiger partial charge is 0.327 e. The van der Waals surface area contributed by atoms with Crippen LogP contribution in [0.3, 0.4) is 0 Å². The fourth-order valence-electron chi connectivity index (χ4n) is 1.39. The summed E-state index contributed by atoms with van der Waals surface area (Å²) in [5.41, 5.74) is 1.93. The summed E-state index contributed by atoms with van der Waals surface area (Å²) in [6.45, 7) is 0.634. The lowest BCUT2D eigenvalue weighted by atomic mass is 10.1. The van der Waals surface area contributed by atoms with Gasteiger partial charge < -0.3 is 4.90 Å². The van der Waals surface area contributed by atoms with Crippen molar-refractivity contribution in [2.24, 2.45) is 4.99 Å². The number of para-hydroxylation sites is 1. The fraction of sp³-hybridized carbons (Fsp3) is 0.0833. The molecule has 1 heterocycles. The molecule has 0 aromatic heterocycles. The van der Waals surface area contributed by atoms with Crippen molar-refractivity contribution in [3.63, 3.8) is 0 Å². The molecule has 2 rings (SSSR count). The van der Waals surface area contributed by atoms with Crippen LogP contribution in [0.25, 0.3) is 0 Å². The zero-order chi connectivity index (χ0) is 9.80. The summed E-state index contributed by atoms with van der Waals surface area (Å²) in [6, 6.07) is 7.85. The first-order chi connectivity index (χ1) is 6.92. The first-order valence-electron chi connectivity index (χ1n) is 4.41. The summed E-state index contributed by atoms with van der Waals surface area (Å²) >= 11 is 0. The molecule has 2 heteroatoms. The maximum atomic E-state index is 5.42. The molecule has 1 aromatic rings. The second kappa shape index (κ2) is 3.80. The molecular weight excluding hydrogens is 172 g/mol. The first-order valence-corrected chi connectivity index (χ1v) is 4.41. The molecule has 0 unspecified atom stereocenters. The number of hydrogen-bond acceptors (Lipinski definition) is 2. The van der Waals surface area contributed by atoms with Gasteiger partial charge in [0.05, 0.1) is 5.69 Å². The quantitative estimate of drug-likeness (QED) is 0.607. The van der Waals surface area contributed by atoms with Crippen LogP contribution in [0.2, 0.25) is 0 Å². The van der Waals surface area contributed by atoms with Gasteiger partial charge >= 0.3 is 0 Å². The van der Waals surface area contributed by atoms with E-state index in [1.54, 1.807) is 6.21 Å². The Morgan fingerprint density at radius 2 is 2.21 bits per heavy atom. The molecule has 0 saturated carbocycles. The molecule has 0 bridgehead atoms. The van der Waals surface area contributed by atoms with Crippen LogP contribution in [-0.4, -0.2) is 12.9 Å². The molecule has 0 atom stereocenters. The van der Waals surface area contributed by atoms with E-state index in [0.29, 0.717) is 6.67 Å². The van der Waals surface area contributed by atoms with E-state index < -0.39 is 0 Å². The molecule has 1 aliphatic heterocycles. The van der Waals surface area contributed by atoms with E-state index in [1.165, 1.54) is 0 Å². The van der Waals surface area contributed by atoms with E-state index >= 15 is 0 Å². The summed E-state index contributed by atoms with van der Waals surface area (Å²) in [7, 11) is 0. The minimum atomic E-state index is 0.634. The minimum Gasteiger partial charge on any atom is -0.327 e. The summed E-state index contributed by atoms with van der Waals surface area (Å²) in [4.78, 5) is 6.18. The number of hydrogen-bond donors (Lipinski definition) is 0. The average molecular weight is 182 g/mol. The molecule has 0 amide bonds. The van der Waals surface area contributed by atoms with Crippen LogP contribution in [0.15, 0.2) is 41.5 Å². The molecule has 0 spiro atoms. The SMILES string of the molecule is C#Cc1ccccc1N1C=CC=NC1. The molecule has 2 nitrogen and oxygen atoms in total. The molecule has 0 radical (unpaired) electrons. The third kappa shape index (κ3) is 1.53. The van der Waals surface area contributed by atoms with Crippen LogP contribution >= 0.6 is 0 Å². The molecule has 0 aliphatic carbocycles. The predicted molar refractivity (Wildman–Crippen MR) is 59.4 cm³/mol. The van der Waals surface area contributed by atoms with E-state index in [4.69, 9.17) is 6.42 Å². The number of anilines is 1. The van der Waals surface area contributed by atoms with Crippen molar-refractivity contribution >= 4 is 11.9 Å². The van der Waals surface area contributed by atoms with E-state index in [9.17, 15) is 0 Å². The lowest BCUT2D eigenvalue weighted by Crippen LogP contribution is -2.19. The van der Waals surface area contributed by atoms with Crippen molar-refractivity contribution in [1.29, 1.82) is 0 Å². The Hall–Kier alpha value is -2.01. The maximum absolute atomic E-state index is 5.42. The molecule has 1 aliphatic rings. The number of terminal acetylenes is 1. The summed E-state index contributed by atoms with van der Waals surface area (Å²) in [6.07, 6.45) is 11.1. The average Bonchev–Trinajstić information content (AvgIpc) is 2.30. The summed E-state index contributed by atoms with van der Waals surface area (Å²) in [5, 5.41) is 0. The van der Waals surface area contributed by atoms with Crippen LogP contribution < -0.4 is 4.90 Å². The summed E-state index contributed by atoms with van der Waals surface area (Å²) < 4.78 is 0. The van der Waals surface area contributed by atoms with Gasteiger partial charge in [0.15, 0.2) is 0 Å². The highest BCUT2D eigenvalue weighted by Gasteiger charge is 2.06. The standard InChI is InChI=1S/C12H10N2/c1-2-11-6-3-4-7-12(11)14-9-5-8-13-10-14/h1,3-9H,10H2. The molecule has 14 heavy (non-hydrogen) atoms. The normalized spacial score (nSPS) is 14.1. The van der Waals surface area contributed by atoms with Crippen molar-refractivity contribution in [3.05, 3.63) is 42.1 Å². The van der Waals surface area contributed by atoms with E-state index in [0.717, 1.165) is 11.3 Å². The number of benzene rings is 1. The monoisotopic (exact) mass is 182 g/mol. The Morgan fingerprint density at radius 1 is 1.36 bits per heavy atom. The third-order valence-electron chi connectivity index (χ3n) is 2.06. The second-order valence-corrected chi connectivity index (χ2v) is 2.95. The third-order valence-corrected chi connectivity index (χ3v) is 2.06. The van der Waals surface area contributed by atoms with Crippen molar-refractivity contribution in [1.82, 2.24) is 0 Å². The van der Waals surface area contributed by atoms with Gasteiger partial charge in [0.1, 0.15) is 6.67 Å². The Bertz CT molecular complexity index is 424. The number of allylic oxidation sites excluding steroid dienone is 1. The molecule has 0 fully saturated rings. The lowest BCUT2D eigenvalue weighted by Gasteiger charge is -2.21. The van der Waals surface area contributed by atoms with Crippen molar-refractivity contribution in [2.75, 3.05) is 11.6 Å². The first kappa shape index (κ1) is 8.58.